The Hall–Kier alpha value is -3.03. The summed E-state index contributed by atoms with van der Waals surface area (Å²) in [4.78, 5) is 29.5. The molecule has 1 atom stereocenters. The van der Waals surface area contributed by atoms with Crippen molar-refractivity contribution in [3.8, 4) is 5.75 Å². The molecule has 0 bridgehead atoms. The summed E-state index contributed by atoms with van der Waals surface area (Å²) >= 11 is 6.33. The van der Waals surface area contributed by atoms with Crippen molar-refractivity contribution in [2.45, 2.75) is 26.0 Å². The zero-order valence-corrected chi connectivity index (χ0v) is 20.2. The lowest BCUT2D eigenvalue weighted by molar-refractivity contribution is -0.140. The maximum atomic E-state index is 13.1. The molecule has 1 amide bonds. The minimum Gasteiger partial charge on any atom is -0.507 e. The number of carbonyl (C=O) groups excluding carboxylic acids is 2. The first-order valence-electron chi connectivity index (χ1n) is 10.7. The third-order valence-electron chi connectivity index (χ3n) is 5.48. The quantitative estimate of drug-likeness (QED) is 0.351. The first-order chi connectivity index (χ1) is 15.6. The van der Waals surface area contributed by atoms with Crippen LogP contribution in [-0.2, 0) is 14.3 Å². The Morgan fingerprint density at radius 1 is 1.15 bits per heavy atom. The number of halogens is 1. The van der Waals surface area contributed by atoms with Gasteiger partial charge in [0.05, 0.1) is 36.5 Å². The van der Waals surface area contributed by atoms with Gasteiger partial charge in [-0.3, -0.25) is 9.59 Å². The van der Waals surface area contributed by atoms with Gasteiger partial charge in [-0.05, 0) is 49.7 Å². The molecule has 0 aromatic heterocycles. The summed E-state index contributed by atoms with van der Waals surface area (Å²) in [6.07, 6.45) is -0.0183. The topological polar surface area (TPSA) is 79.3 Å². The van der Waals surface area contributed by atoms with E-state index in [9.17, 15) is 14.7 Å². The van der Waals surface area contributed by atoms with Gasteiger partial charge < -0.3 is 24.4 Å². The molecule has 1 aliphatic rings. The van der Waals surface area contributed by atoms with Gasteiger partial charge in [0.25, 0.3) is 11.7 Å². The van der Waals surface area contributed by atoms with E-state index in [1.54, 1.807) is 18.2 Å². The first kappa shape index (κ1) is 24.6. The van der Waals surface area contributed by atoms with Gasteiger partial charge in [0.1, 0.15) is 11.5 Å². The number of ketones is 1. The Kier molecular flexibility index (Phi) is 7.66. The van der Waals surface area contributed by atoms with Gasteiger partial charge in [-0.2, -0.15) is 0 Å². The Morgan fingerprint density at radius 3 is 2.39 bits per heavy atom. The zero-order valence-electron chi connectivity index (χ0n) is 19.5. The largest absolute Gasteiger partial charge is 0.507 e. The van der Waals surface area contributed by atoms with Crippen molar-refractivity contribution in [1.82, 2.24) is 4.90 Å². The van der Waals surface area contributed by atoms with E-state index >= 15 is 0 Å². The lowest BCUT2D eigenvalue weighted by Crippen LogP contribution is -2.33. The number of aliphatic hydroxyl groups excluding tert-OH is 1. The fourth-order valence-electron chi connectivity index (χ4n) is 3.76. The third-order valence-corrected chi connectivity index (χ3v) is 5.81. The van der Waals surface area contributed by atoms with Crippen LogP contribution in [0.1, 0.15) is 31.0 Å². The minimum atomic E-state index is -0.778. The number of hydrogen-bond acceptors (Lipinski definition) is 6. The van der Waals surface area contributed by atoms with Gasteiger partial charge in [0.2, 0.25) is 0 Å². The van der Waals surface area contributed by atoms with E-state index in [0.29, 0.717) is 11.3 Å². The smallest absolute Gasteiger partial charge is 0.295 e. The molecule has 1 aliphatic heterocycles. The number of carbonyl (C=O) groups is 2. The predicted octanol–water partition coefficient (Wildman–Crippen LogP) is 4.26. The maximum absolute atomic E-state index is 13.1. The van der Waals surface area contributed by atoms with Gasteiger partial charge in [-0.1, -0.05) is 23.7 Å². The minimum absolute atomic E-state index is 0.0164. The van der Waals surface area contributed by atoms with E-state index in [1.165, 1.54) is 12.0 Å². The van der Waals surface area contributed by atoms with Crippen LogP contribution in [0.15, 0.2) is 48.0 Å². The Balaban J connectivity index is 2.14. The average Bonchev–Trinajstić information content (AvgIpc) is 3.03. The van der Waals surface area contributed by atoms with Crippen molar-refractivity contribution in [3.63, 3.8) is 0 Å². The van der Waals surface area contributed by atoms with Crippen molar-refractivity contribution in [2.75, 3.05) is 39.3 Å². The zero-order chi connectivity index (χ0) is 24.3. The molecule has 176 valence electrons. The number of nitrogens with zero attached hydrogens (tertiary/aromatic N) is 2. The molecule has 0 aliphatic carbocycles. The van der Waals surface area contributed by atoms with Crippen molar-refractivity contribution in [1.29, 1.82) is 0 Å². The van der Waals surface area contributed by atoms with Gasteiger partial charge >= 0.3 is 0 Å². The average molecular weight is 473 g/mol. The number of Topliss-reactive ketones (excluding diaryl/α,β-unsaturated/α-hetero) is 1. The molecule has 1 N–H and O–H groups in total. The molecule has 0 saturated carbocycles. The van der Waals surface area contributed by atoms with E-state index in [4.69, 9.17) is 21.1 Å². The molecular weight excluding hydrogens is 444 g/mol. The highest BCUT2D eigenvalue weighted by Crippen LogP contribution is 2.41. The van der Waals surface area contributed by atoms with E-state index < -0.39 is 17.7 Å². The fourth-order valence-corrected chi connectivity index (χ4v) is 3.96. The molecule has 2 aromatic carbocycles. The summed E-state index contributed by atoms with van der Waals surface area (Å²) in [6, 6.07) is 11.5. The number of benzene rings is 2. The second kappa shape index (κ2) is 10.3. The van der Waals surface area contributed by atoms with Crippen molar-refractivity contribution < 1.29 is 24.2 Å². The summed E-state index contributed by atoms with van der Waals surface area (Å²) in [5, 5.41) is 11.5. The highest BCUT2D eigenvalue weighted by Gasteiger charge is 2.46. The van der Waals surface area contributed by atoms with Gasteiger partial charge in [-0.25, -0.2) is 0 Å². The third kappa shape index (κ3) is 5.15. The number of rotatable bonds is 8. The Labute approximate surface area is 199 Å². The number of ether oxygens (including phenoxy) is 2. The van der Waals surface area contributed by atoms with Crippen LogP contribution in [0.4, 0.5) is 5.69 Å². The predicted molar refractivity (Wildman–Crippen MR) is 129 cm³/mol. The summed E-state index contributed by atoms with van der Waals surface area (Å²) in [6.45, 7) is 4.26. The summed E-state index contributed by atoms with van der Waals surface area (Å²) < 4.78 is 10.9. The van der Waals surface area contributed by atoms with Crippen LogP contribution in [-0.4, -0.2) is 62.2 Å². The highest BCUT2D eigenvalue weighted by molar-refractivity contribution is 6.47. The van der Waals surface area contributed by atoms with Gasteiger partial charge in [0, 0.05) is 31.9 Å². The van der Waals surface area contributed by atoms with Crippen LogP contribution < -0.4 is 9.64 Å². The molecule has 0 spiro atoms. The summed E-state index contributed by atoms with van der Waals surface area (Å²) in [7, 11) is 5.34. The molecule has 1 heterocycles. The Bertz CT molecular complexity index is 1060. The van der Waals surface area contributed by atoms with Crippen LogP contribution in [0, 0.1) is 0 Å². The number of anilines is 1. The number of aliphatic hydroxyl groups is 1. The van der Waals surface area contributed by atoms with Crippen molar-refractivity contribution in [3.05, 3.63) is 64.2 Å². The number of likely N-dealkylation sites (tertiary alicyclic amines) is 1. The molecule has 1 fully saturated rings. The number of hydrogen-bond donors (Lipinski definition) is 1. The molecular formula is C25H29ClN2O5. The van der Waals surface area contributed by atoms with Crippen molar-refractivity contribution in [2.24, 2.45) is 0 Å². The van der Waals surface area contributed by atoms with E-state index in [1.807, 2.05) is 57.1 Å². The molecule has 8 heteroatoms. The lowest BCUT2D eigenvalue weighted by Gasteiger charge is -2.26. The van der Waals surface area contributed by atoms with Crippen LogP contribution in [0.5, 0.6) is 5.75 Å². The van der Waals surface area contributed by atoms with E-state index in [0.717, 1.165) is 5.69 Å². The number of methoxy groups -OCH3 is 1. The second-order valence-corrected chi connectivity index (χ2v) is 8.65. The molecule has 2 aromatic rings. The first-order valence-corrected chi connectivity index (χ1v) is 11.0. The van der Waals surface area contributed by atoms with E-state index in [-0.39, 0.29) is 41.2 Å². The van der Waals surface area contributed by atoms with Crippen LogP contribution in [0.2, 0.25) is 5.02 Å². The normalized spacial score (nSPS) is 17.7. The Morgan fingerprint density at radius 2 is 1.82 bits per heavy atom. The SMILES string of the molecule is COc1ccc(Cl)c(/C(O)=C2\C(=O)C(=O)N(CCOC(C)C)C2c2ccc(N(C)C)cc2)c1. The van der Waals surface area contributed by atoms with Crippen LogP contribution in [0.25, 0.3) is 5.76 Å². The lowest BCUT2D eigenvalue weighted by atomic mass is 9.95. The van der Waals surface area contributed by atoms with Crippen LogP contribution >= 0.6 is 11.6 Å². The second-order valence-electron chi connectivity index (χ2n) is 8.24. The molecule has 7 nitrogen and oxygen atoms in total. The molecule has 1 saturated heterocycles. The molecule has 3 rings (SSSR count). The molecule has 0 radical (unpaired) electrons. The standard InChI is InChI=1S/C25H29ClN2O5/c1-15(2)33-13-12-28-22(16-6-8-17(9-7-16)27(3)4)21(24(30)25(28)31)23(29)19-14-18(32-5)10-11-20(19)26/h6-11,14-15,22,29H,12-13H2,1-5H3/b23-21+. The van der Waals surface area contributed by atoms with Gasteiger partial charge in [0.15, 0.2) is 0 Å². The van der Waals surface area contributed by atoms with Gasteiger partial charge in [-0.15, -0.1) is 0 Å². The number of amides is 1. The molecule has 1 unspecified atom stereocenters. The maximum Gasteiger partial charge on any atom is 0.295 e. The van der Waals surface area contributed by atoms with E-state index in [2.05, 4.69) is 0 Å². The molecule has 33 heavy (non-hydrogen) atoms. The highest BCUT2D eigenvalue weighted by atomic mass is 35.5. The summed E-state index contributed by atoms with van der Waals surface area (Å²) in [5.74, 6) is -1.33. The summed E-state index contributed by atoms with van der Waals surface area (Å²) in [5.41, 5.74) is 1.87. The van der Waals surface area contributed by atoms with Crippen LogP contribution in [0.3, 0.4) is 0 Å². The fraction of sp³-hybridized carbons (Fsp3) is 0.360. The van der Waals surface area contributed by atoms with Crippen molar-refractivity contribution >= 4 is 34.7 Å². The monoisotopic (exact) mass is 472 g/mol.